The van der Waals surface area contributed by atoms with E-state index in [-0.39, 0.29) is 5.91 Å². The molecule has 0 aliphatic heterocycles. The van der Waals surface area contributed by atoms with Crippen LogP contribution >= 0.6 is 0 Å². The molecule has 0 fully saturated rings. The molecule has 0 atom stereocenters. The van der Waals surface area contributed by atoms with Crippen LogP contribution in [0.5, 0.6) is 0 Å². The number of aromatic nitrogens is 3. The minimum atomic E-state index is -0.199. The number of nitriles is 1. The highest BCUT2D eigenvalue weighted by atomic mass is 16.2. The SMILES string of the molecule is CN(C(=O)c1cccc(C#N)c1)c1ccc2c(c1)nc(N)n2CCc1cccnc1. The number of imidazole rings is 1. The zero-order valence-corrected chi connectivity index (χ0v) is 16.5. The Kier molecular flexibility index (Phi) is 5.14. The molecule has 7 heteroatoms. The monoisotopic (exact) mass is 396 g/mol. The molecular weight excluding hydrogens is 376 g/mol. The van der Waals surface area contributed by atoms with Gasteiger partial charge in [0.05, 0.1) is 22.7 Å². The van der Waals surface area contributed by atoms with Crippen molar-refractivity contribution in [3.8, 4) is 6.07 Å². The van der Waals surface area contributed by atoms with Gasteiger partial charge in [0.25, 0.3) is 5.91 Å². The van der Waals surface area contributed by atoms with E-state index in [0.717, 1.165) is 23.0 Å². The summed E-state index contributed by atoms with van der Waals surface area (Å²) in [6, 6.07) is 18.3. The summed E-state index contributed by atoms with van der Waals surface area (Å²) in [5, 5.41) is 9.06. The quantitative estimate of drug-likeness (QED) is 0.557. The molecule has 0 radical (unpaired) electrons. The first-order chi connectivity index (χ1) is 14.6. The molecule has 7 nitrogen and oxygen atoms in total. The average Bonchev–Trinajstić information content (AvgIpc) is 3.11. The fraction of sp³-hybridized carbons (Fsp3) is 0.130. The second-order valence-electron chi connectivity index (χ2n) is 6.96. The van der Waals surface area contributed by atoms with Crippen molar-refractivity contribution in [2.75, 3.05) is 17.7 Å². The van der Waals surface area contributed by atoms with E-state index in [2.05, 4.69) is 16.0 Å². The molecule has 2 heterocycles. The van der Waals surface area contributed by atoms with Gasteiger partial charge in [0.15, 0.2) is 0 Å². The van der Waals surface area contributed by atoms with Crippen LogP contribution in [0, 0.1) is 11.3 Å². The lowest BCUT2D eigenvalue weighted by Crippen LogP contribution is -2.26. The number of carbonyl (C=O) groups is 1. The summed E-state index contributed by atoms with van der Waals surface area (Å²) >= 11 is 0. The van der Waals surface area contributed by atoms with E-state index in [4.69, 9.17) is 11.0 Å². The van der Waals surface area contributed by atoms with Crippen molar-refractivity contribution in [3.05, 3.63) is 83.7 Å². The number of nitrogens with two attached hydrogens (primary N) is 1. The zero-order chi connectivity index (χ0) is 21.1. The number of benzene rings is 2. The smallest absolute Gasteiger partial charge is 0.258 e. The molecule has 0 unspecified atom stereocenters. The Labute approximate surface area is 174 Å². The molecular formula is C23H20N6O. The molecule has 0 bridgehead atoms. The molecule has 2 aromatic carbocycles. The molecule has 0 saturated carbocycles. The maximum atomic E-state index is 12.8. The Balaban J connectivity index is 1.59. The molecule has 0 spiro atoms. The molecule has 0 aliphatic rings. The Morgan fingerprint density at radius 1 is 1.20 bits per heavy atom. The molecule has 1 amide bonds. The number of aryl methyl sites for hydroxylation is 2. The lowest BCUT2D eigenvalue weighted by Gasteiger charge is -2.17. The summed E-state index contributed by atoms with van der Waals surface area (Å²) in [6.45, 7) is 0.684. The van der Waals surface area contributed by atoms with Crippen molar-refractivity contribution in [1.29, 1.82) is 5.26 Å². The van der Waals surface area contributed by atoms with Crippen LogP contribution in [-0.4, -0.2) is 27.5 Å². The third kappa shape index (κ3) is 3.71. The number of nitrogen functional groups attached to an aromatic ring is 1. The number of anilines is 2. The van der Waals surface area contributed by atoms with Gasteiger partial charge in [-0.2, -0.15) is 5.26 Å². The van der Waals surface area contributed by atoms with Gasteiger partial charge in [0, 0.05) is 37.2 Å². The van der Waals surface area contributed by atoms with Crippen molar-refractivity contribution < 1.29 is 4.79 Å². The number of amides is 1. The molecule has 0 saturated heterocycles. The molecule has 2 aromatic heterocycles. The normalized spacial score (nSPS) is 10.7. The van der Waals surface area contributed by atoms with Crippen LogP contribution < -0.4 is 10.6 Å². The van der Waals surface area contributed by atoms with Crippen LogP contribution in [0.4, 0.5) is 11.6 Å². The Hall–Kier alpha value is -4.18. The van der Waals surface area contributed by atoms with Gasteiger partial charge in [-0.05, 0) is 54.4 Å². The van der Waals surface area contributed by atoms with Crippen LogP contribution in [0.2, 0.25) is 0 Å². The number of carbonyl (C=O) groups excluding carboxylic acids is 1. The predicted octanol–water partition coefficient (Wildman–Crippen LogP) is 3.40. The largest absolute Gasteiger partial charge is 0.369 e. The molecule has 0 aliphatic carbocycles. The summed E-state index contributed by atoms with van der Waals surface area (Å²) in [4.78, 5) is 23.0. The van der Waals surface area contributed by atoms with Crippen molar-refractivity contribution in [2.45, 2.75) is 13.0 Å². The van der Waals surface area contributed by atoms with E-state index in [1.165, 1.54) is 0 Å². The summed E-state index contributed by atoms with van der Waals surface area (Å²) < 4.78 is 1.96. The highest BCUT2D eigenvalue weighted by Crippen LogP contribution is 2.25. The summed E-state index contributed by atoms with van der Waals surface area (Å²) in [7, 11) is 1.70. The fourth-order valence-electron chi connectivity index (χ4n) is 3.40. The summed E-state index contributed by atoms with van der Waals surface area (Å²) in [6.07, 6.45) is 4.38. The highest BCUT2D eigenvalue weighted by Gasteiger charge is 2.16. The number of hydrogen-bond acceptors (Lipinski definition) is 5. The van der Waals surface area contributed by atoms with E-state index in [9.17, 15) is 4.79 Å². The van der Waals surface area contributed by atoms with E-state index in [1.54, 1.807) is 42.4 Å². The van der Waals surface area contributed by atoms with Gasteiger partial charge in [-0.3, -0.25) is 9.78 Å². The molecule has 2 N–H and O–H groups in total. The van der Waals surface area contributed by atoms with Crippen molar-refractivity contribution in [2.24, 2.45) is 0 Å². The van der Waals surface area contributed by atoms with Crippen molar-refractivity contribution in [1.82, 2.24) is 14.5 Å². The lowest BCUT2D eigenvalue weighted by atomic mass is 10.1. The Morgan fingerprint density at radius 2 is 2.07 bits per heavy atom. The van der Waals surface area contributed by atoms with E-state index < -0.39 is 0 Å². The number of nitrogens with zero attached hydrogens (tertiary/aromatic N) is 5. The molecule has 148 valence electrons. The summed E-state index contributed by atoms with van der Waals surface area (Å²) in [5.74, 6) is 0.233. The first-order valence-electron chi connectivity index (χ1n) is 9.49. The minimum absolute atomic E-state index is 0.199. The molecule has 4 aromatic rings. The standard InChI is InChI=1S/C23H20N6O/c1-28(22(30)18-6-2-4-17(12-18)14-24)19-7-8-21-20(13-19)27-23(25)29(21)11-9-16-5-3-10-26-15-16/h2-8,10,12-13,15H,9,11H2,1H3,(H2,25,27). The lowest BCUT2D eigenvalue weighted by molar-refractivity contribution is 0.0993. The van der Waals surface area contributed by atoms with Crippen LogP contribution in [0.1, 0.15) is 21.5 Å². The molecule has 30 heavy (non-hydrogen) atoms. The first-order valence-corrected chi connectivity index (χ1v) is 9.49. The van der Waals surface area contributed by atoms with Gasteiger partial charge < -0.3 is 15.2 Å². The Morgan fingerprint density at radius 3 is 2.83 bits per heavy atom. The van der Waals surface area contributed by atoms with E-state index >= 15 is 0 Å². The van der Waals surface area contributed by atoms with Gasteiger partial charge >= 0.3 is 0 Å². The van der Waals surface area contributed by atoms with Gasteiger partial charge in [-0.1, -0.05) is 12.1 Å². The second-order valence-corrected chi connectivity index (χ2v) is 6.96. The third-order valence-electron chi connectivity index (χ3n) is 5.04. The van der Waals surface area contributed by atoms with Crippen molar-refractivity contribution in [3.63, 3.8) is 0 Å². The van der Waals surface area contributed by atoms with Crippen molar-refractivity contribution >= 4 is 28.6 Å². The van der Waals surface area contributed by atoms with Gasteiger partial charge in [-0.25, -0.2) is 4.98 Å². The maximum Gasteiger partial charge on any atom is 0.258 e. The first kappa shape index (κ1) is 19.2. The average molecular weight is 396 g/mol. The summed E-state index contributed by atoms with van der Waals surface area (Å²) in [5.41, 5.74) is 10.5. The molecule has 4 rings (SSSR count). The van der Waals surface area contributed by atoms with E-state index in [1.807, 2.05) is 41.1 Å². The fourth-order valence-corrected chi connectivity index (χ4v) is 3.40. The highest BCUT2D eigenvalue weighted by molar-refractivity contribution is 6.06. The van der Waals surface area contributed by atoms with Gasteiger partial charge in [0.1, 0.15) is 0 Å². The predicted molar refractivity (Wildman–Crippen MR) is 116 cm³/mol. The maximum absolute atomic E-state index is 12.8. The van der Waals surface area contributed by atoms with Crippen LogP contribution in [0.3, 0.4) is 0 Å². The van der Waals surface area contributed by atoms with E-state index in [0.29, 0.717) is 29.3 Å². The zero-order valence-electron chi connectivity index (χ0n) is 16.5. The third-order valence-corrected chi connectivity index (χ3v) is 5.04. The minimum Gasteiger partial charge on any atom is -0.369 e. The number of pyridine rings is 1. The number of rotatable bonds is 5. The van der Waals surface area contributed by atoms with Crippen LogP contribution in [0.25, 0.3) is 11.0 Å². The topological polar surface area (TPSA) is 101 Å². The van der Waals surface area contributed by atoms with Crippen LogP contribution in [0.15, 0.2) is 67.0 Å². The number of fused-ring (bicyclic) bond motifs is 1. The van der Waals surface area contributed by atoms with Gasteiger partial charge in [0.2, 0.25) is 5.95 Å². The Bertz CT molecular complexity index is 1260. The number of hydrogen-bond donors (Lipinski definition) is 1. The van der Waals surface area contributed by atoms with Crippen LogP contribution in [-0.2, 0) is 13.0 Å². The van der Waals surface area contributed by atoms with Gasteiger partial charge in [-0.15, -0.1) is 0 Å². The second kappa shape index (κ2) is 8.05.